The highest BCUT2D eigenvalue weighted by molar-refractivity contribution is 7.91. The number of sulfonamides is 1. The van der Waals surface area contributed by atoms with Crippen LogP contribution in [-0.2, 0) is 29.1 Å². The lowest BCUT2D eigenvalue weighted by molar-refractivity contribution is -0.139. The Morgan fingerprint density at radius 1 is 1.05 bits per heavy atom. The molecule has 38 heavy (non-hydrogen) atoms. The van der Waals surface area contributed by atoms with Gasteiger partial charge in [-0.2, -0.15) is 0 Å². The van der Waals surface area contributed by atoms with Gasteiger partial charge in [-0.05, 0) is 65.7 Å². The van der Waals surface area contributed by atoms with Crippen LogP contribution in [0, 0.1) is 5.92 Å². The predicted octanol–water partition coefficient (Wildman–Crippen LogP) is 2.60. The number of carbonyl (C=O) groups excluding carboxylic acids is 4. The van der Waals surface area contributed by atoms with Gasteiger partial charge in [0.15, 0.2) is 0 Å². The maximum absolute atomic E-state index is 13.5. The van der Waals surface area contributed by atoms with Crippen molar-refractivity contribution in [3.8, 4) is 0 Å². The van der Waals surface area contributed by atoms with Crippen LogP contribution in [0.4, 0.5) is 4.79 Å². The summed E-state index contributed by atoms with van der Waals surface area (Å²) in [5.41, 5.74) is -0.936. The maximum Gasteiger partial charge on any atom is 0.408 e. The number of aliphatic imine (C=N–C) groups is 1. The van der Waals surface area contributed by atoms with E-state index in [1.54, 1.807) is 33.8 Å². The first-order chi connectivity index (χ1) is 17.8. The molecule has 3 aliphatic rings. The minimum atomic E-state index is -3.83. The third-order valence-corrected chi connectivity index (χ3v) is 8.51. The molecule has 2 N–H and O–H groups in total. The number of hydrogen-bond acceptors (Lipinski definition) is 7. The minimum absolute atomic E-state index is 0.201. The number of allylic oxidation sites excluding steroid dienone is 2. The van der Waals surface area contributed by atoms with Crippen LogP contribution in [0.5, 0.6) is 0 Å². The standard InChI is InChI=1S/C26H40N4O7S/c1-17-11-8-6-5-7-9-12-19(27-25(34)37-26(2,3)4)24(33)30-16-10-13-20(30)22(31)28-21(17)23(32)29-38(35,36)18-14-15-18/h8,11,17-20H,5-7,9-10,12-16H2,1-4H3,(H,27,34)(H,29,32)/b11-8-,28-21?/t17-,19-,20-/m0/s1. The Labute approximate surface area is 224 Å². The van der Waals surface area contributed by atoms with Crippen molar-refractivity contribution in [2.75, 3.05) is 6.54 Å². The van der Waals surface area contributed by atoms with Gasteiger partial charge < -0.3 is 15.0 Å². The Morgan fingerprint density at radius 2 is 1.76 bits per heavy atom. The molecule has 0 aromatic heterocycles. The van der Waals surface area contributed by atoms with Crippen molar-refractivity contribution in [1.82, 2.24) is 14.9 Å². The third kappa shape index (κ3) is 8.37. The molecular weight excluding hydrogens is 512 g/mol. The van der Waals surface area contributed by atoms with Crippen LogP contribution in [0.3, 0.4) is 0 Å². The van der Waals surface area contributed by atoms with Crippen molar-refractivity contribution in [3.63, 3.8) is 0 Å². The lowest BCUT2D eigenvalue weighted by Crippen LogP contribution is -2.52. The quantitative estimate of drug-likeness (QED) is 0.509. The highest BCUT2D eigenvalue weighted by Gasteiger charge is 2.40. The van der Waals surface area contributed by atoms with Gasteiger partial charge in [0.25, 0.3) is 11.8 Å². The highest BCUT2D eigenvalue weighted by Crippen LogP contribution is 2.27. The number of nitrogens with zero attached hydrogens (tertiary/aromatic N) is 2. The van der Waals surface area contributed by atoms with Gasteiger partial charge in [-0.15, -0.1) is 0 Å². The fourth-order valence-corrected chi connectivity index (χ4v) is 5.86. The SMILES string of the molecule is C[C@H]1/C=C\CCCCC[C@H](NC(=O)OC(C)(C)C)C(=O)N2CCC[C@H]2C(=O)N=C1C(=O)NS(=O)(=O)C1CC1. The van der Waals surface area contributed by atoms with Crippen LogP contribution in [0.25, 0.3) is 0 Å². The largest absolute Gasteiger partial charge is 0.444 e. The first-order valence-corrected chi connectivity index (χ1v) is 15.0. The Bertz CT molecular complexity index is 1090. The first kappa shape index (κ1) is 29.8. The average molecular weight is 553 g/mol. The number of alkyl carbamates (subject to hydrolysis) is 1. The molecule has 11 nitrogen and oxygen atoms in total. The molecule has 3 atom stereocenters. The van der Waals surface area contributed by atoms with Crippen LogP contribution < -0.4 is 10.0 Å². The number of carbonyl (C=O) groups is 4. The zero-order valence-corrected chi connectivity index (χ0v) is 23.5. The molecule has 2 heterocycles. The fraction of sp³-hybridized carbons (Fsp3) is 0.731. The van der Waals surface area contributed by atoms with E-state index in [0.717, 1.165) is 12.8 Å². The van der Waals surface area contributed by atoms with E-state index in [0.29, 0.717) is 51.5 Å². The second-order valence-corrected chi connectivity index (χ2v) is 13.2. The summed E-state index contributed by atoms with van der Waals surface area (Å²) in [5.74, 6) is -2.61. The van der Waals surface area contributed by atoms with Gasteiger partial charge in [-0.25, -0.2) is 22.9 Å². The van der Waals surface area contributed by atoms with Crippen molar-refractivity contribution < 1.29 is 32.3 Å². The van der Waals surface area contributed by atoms with E-state index >= 15 is 0 Å². The topological polar surface area (TPSA) is 151 Å². The number of rotatable bonds is 4. The van der Waals surface area contributed by atoms with Gasteiger partial charge in [0.2, 0.25) is 15.9 Å². The van der Waals surface area contributed by atoms with Crippen LogP contribution in [0.2, 0.25) is 0 Å². The molecule has 0 unspecified atom stereocenters. The molecule has 3 rings (SSSR count). The average Bonchev–Trinajstić information content (AvgIpc) is 3.56. The van der Waals surface area contributed by atoms with Crippen LogP contribution >= 0.6 is 0 Å². The highest BCUT2D eigenvalue weighted by atomic mass is 32.2. The molecule has 212 valence electrons. The van der Waals surface area contributed by atoms with E-state index in [-0.39, 0.29) is 5.71 Å². The predicted molar refractivity (Wildman–Crippen MR) is 142 cm³/mol. The molecule has 4 amide bonds. The summed E-state index contributed by atoms with van der Waals surface area (Å²) in [7, 11) is -3.83. The van der Waals surface area contributed by atoms with Gasteiger partial charge in [0.05, 0.1) is 5.25 Å². The number of amides is 4. The second-order valence-electron chi connectivity index (χ2n) is 11.3. The molecule has 0 bridgehead atoms. The molecule has 0 spiro atoms. The van der Waals surface area contributed by atoms with Crippen molar-refractivity contribution in [2.24, 2.45) is 10.9 Å². The Morgan fingerprint density at radius 3 is 2.42 bits per heavy atom. The summed E-state index contributed by atoms with van der Waals surface area (Å²) in [6, 6.07) is -1.78. The number of fused-ring (bicyclic) bond motifs is 1. The molecule has 0 radical (unpaired) electrons. The van der Waals surface area contributed by atoms with Gasteiger partial charge in [-0.1, -0.05) is 31.9 Å². The molecule has 0 aromatic carbocycles. The maximum atomic E-state index is 13.5. The van der Waals surface area contributed by atoms with Crippen LogP contribution in [0.15, 0.2) is 17.1 Å². The van der Waals surface area contributed by atoms with Crippen LogP contribution in [0.1, 0.15) is 85.5 Å². The normalized spacial score (nSPS) is 26.9. The van der Waals surface area contributed by atoms with Crippen molar-refractivity contribution >= 4 is 39.5 Å². The van der Waals surface area contributed by atoms with E-state index in [4.69, 9.17) is 4.74 Å². The summed E-state index contributed by atoms with van der Waals surface area (Å²) in [6.07, 6.45) is 8.21. The zero-order chi connectivity index (χ0) is 28.1. The zero-order valence-electron chi connectivity index (χ0n) is 22.7. The van der Waals surface area contributed by atoms with Crippen molar-refractivity contribution in [1.29, 1.82) is 0 Å². The molecule has 2 aliphatic heterocycles. The van der Waals surface area contributed by atoms with Crippen LogP contribution in [-0.4, -0.2) is 72.3 Å². The fourth-order valence-electron chi connectivity index (χ4n) is 4.57. The van der Waals surface area contributed by atoms with Gasteiger partial charge in [0, 0.05) is 12.5 Å². The second kappa shape index (κ2) is 12.4. The van der Waals surface area contributed by atoms with E-state index in [9.17, 15) is 27.6 Å². The Balaban J connectivity index is 1.88. The van der Waals surface area contributed by atoms with E-state index in [1.807, 2.05) is 6.08 Å². The molecular formula is C26H40N4O7S. The van der Waals surface area contributed by atoms with E-state index in [1.165, 1.54) is 4.90 Å². The number of ether oxygens (including phenoxy) is 1. The number of hydrogen-bond donors (Lipinski definition) is 2. The molecule has 12 heteroatoms. The summed E-state index contributed by atoms with van der Waals surface area (Å²) >= 11 is 0. The Hall–Kier alpha value is -2.76. The lowest BCUT2D eigenvalue weighted by Gasteiger charge is -2.29. The van der Waals surface area contributed by atoms with Gasteiger partial charge in [-0.3, -0.25) is 14.4 Å². The number of nitrogens with one attached hydrogen (secondary N) is 2. The molecule has 1 saturated carbocycles. The van der Waals surface area contributed by atoms with Crippen molar-refractivity contribution in [3.05, 3.63) is 12.2 Å². The first-order valence-electron chi connectivity index (χ1n) is 13.4. The molecule has 1 aliphatic carbocycles. The minimum Gasteiger partial charge on any atom is -0.444 e. The van der Waals surface area contributed by atoms with Gasteiger partial charge >= 0.3 is 6.09 Å². The van der Waals surface area contributed by atoms with Crippen molar-refractivity contribution in [2.45, 2.75) is 108 Å². The third-order valence-electron chi connectivity index (χ3n) is 6.69. The van der Waals surface area contributed by atoms with E-state index in [2.05, 4.69) is 15.0 Å². The summed E-state index contributed by atoms with van der Waals surface area (Å²) in [5, 5.41) is 2.07. The van der Waals surface area contributed by atoms with E-state index < -0.39 is 62.7 Å². The molecule has 2 fully saturated rings. The Kier molecular flexibility index (Phi) is 9.72. The van der Waals surface area contributed by atoms with Gasteiger partial charge in [0.1, 0.15) is 23.4 Å². The molecule has 1 saturated heterocycles. The molecule has 0 aromatic rings. The summed E-state index contributed by atoms with van der Waals surface area (Å²) in [4.78, 5) is 57.8. The lowest BCUT2D eigenvalue weighted by atomic mass is 10.0. The summed E-state index contributed by atoms with van der Waals surface area (Å²) < 4.78 is 32.2. The smallest absolute Gasteiger partial charge is 0.408 e. The summed E-state index contributed by atoms with van der Waals surface area (Å²) in [6.45, 7) is 7.19. The monoisotopic (exact) mass is 552 g/mol.